The van der Waals surface area contributed by atoms with Crippen LogP contribution in [0, 0.1) is 11.7 Å². The third-order valence-electron chi connectivity index (χ3n) is 3.51. The van der Waals surface area contributed by atoms with Crippen LogP contribution in [0.3, 0.4) is 0 Å². The molecule has 0 spiro atoms. The number of hydrogen-bond acceptors (Lipinski definition) is 2. The van der Waals surface area contributed by atoms with E-state index in [1.165, 1.54) is 18.9 Å². The summed E-state index contributed by atoms with van der Waals surface area (Å²) in [5.41, 5.74) is 1.60. The van der Waals surface area contributed by atoms with Crippen molar-refractivity contribution in [1.82, 2.24) is 15.3 Å². The SMILES string of the molecule is Fc1cc2[nH]c(CC3CCNCC3)nc2cc1Br. The lowest BCUT2D eigenvalue weighted by molar-refractivity contribution is 0.368. The Bertz CT molecular complexity index is 522. The van der Waals surface area contributed by atoms with Gasteiger partial charge in [0, 0.05) is 12.5 Å². The van der Waals surface area contributed by atoms with Crippen LogP contribution < -0.4 is 5.32 Å². The predicted molar refractivity (Wildman–Crippen MR) is 73.0 cm³/mol. The zero-order valence-electron chi connectivity index (χ0n) is 9.97. The number of nitrogens with zero attached hydrogens (tertiary/aromatic N) is 1. The lowest BCUT2D eigenvalue weighted by atomic mass is 9.94. The summed E-state index contributed by atoms with van der Waals surface area (Å²) >= 11 is 3.19. The molecule has 1 aromatic carbocycles. The molecule has 18 heavy (non-hydrogen) atoms. The second-order valence-electron chi connectivity index (χ2n) is 4.86. The highest BCUT2D eigenvalue weighted by atomic mass is 79.9. The molecule has 2 aromatic rings. The molecule has 1 saturated heterocycles. The zero-order valence-corrected chi connectivity index (χ0v) is 11.6. The van der Waals surface area contributed by atoms with Gasteiger partial charge in [-0.05, 0) is 53.8 Å². The molecule has 2 N–H and O–H groups in total. The summed E-state index contributed by atoms with van der Waals surface area (Å²) in [7, 11) is 0. The van der Waals surface area contributed by atoms with Gasteiger partial charge in [0.15, 0.2) is 0 Å². The van der Waals surface area contributed by atoms with Gasteiger partial charge in [0.2, 0.25) is 0 Å². The standard InChI is InChI=1S/C13H15BrFN3/c14-9-6-11-12(7-10(9)15)18-13(17-11)5-8-1-3-16-4-2-8/h6-8,16H,1-5H2,(H,17,18). The Morgan fingerprint density at radius 1 is 1.33 bits per heavy atom. The number of fused-ring (bicyclic) bond motifs is 1. The summed E-state index contributed by atoms with van der Waals surface area (Å²) in [6.07, 6.45) is 3.33. The van der Waals surface area contributed by atoms with Gasteiger partial charge >= 0.3 is 0 Å². The second-order valence-corrected chi connectivity index (χ2v) is 5.72. The molecule has 0 bridgehead atoms. The zero-order chi connectivity index (χ0) is 12.5. The Balaban J connectivity index is 1.84. The Hall–Kier alpha value is -0.940. The molecule has 1 aliphatic rings. The van der Waals surface area contributed by atoms with Gasteiger partial charge in [-0.1, -0.05) is 0 Å². The molecule has 0 atom stereocenters. The van der Waals surface area contributed by atoms with Gasteiger partial charge in [-0.25, -0.2) is 9.37 Å². The minimum Gasteiger partial charge on any atom is -0.342 e. The van der Waals surface area contributed by atoms with Crippen LogP contribution in [0.2, 0.25) is 0 Å². The molecule has 0 unspecified atom stereocenters. The quantitative estimate of drug-likeness (QED) is 0.895. The first kappa shape index (κ1) is 12.1. The number of imidazole rings is 1. The lowest BCUT2D eigenvalue weighted by Gasteiger charge is -2.21. The Morgan fingerprint density at radius 3 is 2.89 bits per heavy atom. The highest BCUT2D eigenvalue weighted by molar-refractivity contribution is 9.10. The van der Waals surface area contributed by atoms with E-state index in [0.717, 1.165) is 36.4 Å². The smallest absolute Gasteiger partial charge is 0.139 e. The van der Waals surface area contributed by atoms with Crippen LogP contribution in [-0.2, 0) is 6.42 Å². The van der Waals surface area contributed by atoms with E-state index in [-0.39, 0.29) is 5.82 Å². The molecular formula is C13H15BrFN3. The number of aromatic nitrogens is 2. The van der Waals surface area contributed by atoms with E-state index < -0.39 is 0 Å². The van der Waals surface area contributed by atoms with Gasteiger partial charge < -0.3 is 10.3 Å². The summed E-state index contributed by atoms with van der Waals surface area (Å²) in [6.45, 7) is 2.18. The maximum Gasteiger partial charge on any atom is 0.139 e. The van der Waals surface area contributed by atoms with Gasteiger partial charge in [0.1, 0.15) is 11.6 Å². The molecule has 0 aliphatic carbocycles. The minimum absolute atomic E-state index is 0.250. The van der Waals surface area contributed by atoms with Crippen molar-refractivity contribution in [3.8, 4) is 0 Å². The normalized spacial score (nSPS) is 17.4. The molecule has 3 nitrogen and oxygen atoms in total. The predicted octanol–water partition coefficient (Wildman–Crippen LogP) is 3.01. The number of H-pyrrole nitrogens is 1. The van der Waals surface area contributed by atoms with Gasteiger partial charge in [-0.3, -0.25) is 0 Å². The number of piperidine rings is 1. The van der Waals surface area contributed by atoms with Crippen molar-refractivity contribution < 1.29 is 4.39 Å². The fourth-order valence-corrected chi connectivity index (χ4v) is 2.84. The molecule has 0 saturated carbocycles. The Morgan fingerprint density at radius 2 is 2.11 bits per heavy atom. The topological polar surface area (TPSA) is 40.7 Å². The van der Waals surface area contributed by atoms with Crippen molar-refractivity contribution in [2.45, 2.75) is 19.3 Å². The molecular weight excluding hydrogens is 297 g/mol. The van der Waals surface area contributed by atoms with E-state index in [4.69, 9.17) is 0 Å². The number of hydrogen-bond donors (Lipinski definition) is 2. The average Bonchev–Trinajstić information content (AvgIpc) is 2.72. The average molecular weight is 312 g/mol. The monoisotopic (exact) mass is 311 g/mol. The fourth-order valence-electron chi connectivity index (χ4n) is 2.51. The van der Waals surface area contributed by atoms with E-state index in [2.05, 4.69) is 31.2 Å². The second kappa shape index (κ2) is 4.97. The van der Waals surface area contributed by atoms with Crippen molar-refractivity contribution in [3.63, 3.8) is 0 Å². The highest BCUT2D eigenvalue weighted by Gasteiger charge is 2.16. The lowest BCUT2D eigenvalue weighted by Crippen LogP contribution is -2.28. The summed E-state index contributed by atoms with van der Waals surface area (Å²) in [4.78, 5) is 7.75. The molecule has 1 aromatic heterocycles. The maximum absolute atomic E-state index is 13.4. The van der Waals surface area contributed by atoms with Crippen molar-refractivity contribution in [1.29, 1.82) is 0 Å². The third-order valence-corrected chi connectivity index (χ3v) is 4.12. The number of benzene rings is 1. The summed E-state index contributed by atoms with van der Waals surface area (Å²) < 4.78 is 13.9. The van der Waals surface area contributed by atoms with Crippen molar-refractivity contribution in [2.24, 2.45) is 5.92 Å². The van der Waals surface area contributed by atoms with Crippen LogP contribution in [-0.4, -0.2) is 23.1 Å². The molecule has 0 amide bonds. The van der Waals surface area contributed by atoms with Gasteiger partial charge in [-0.15, -0.1) is 0 Å². The fraction of sp³-hybridized carbons (Fsp3) is 0.462. The van der Waals surface area contributed by atoms with E-state index in [1.54, 1.807) is 6.07 Å². The van der Waals surface area contributed by atoms with Gasteiger partial charge in [-0.2, -0.15) is 0 Å². The molecule has 2 heterocycles. The largest absolute Gasteiger partial charge is 0.342 e. The molecule has 96 valence electrons. The Labute approximate surface area is 113 Å². The van der Waals surface area contributed by atoms with E-state index >= 15 is 0 Å². The summed E-state index contributed by atoms with van der Waals surface area (Å²) in [6, 6.07) is 3.23. The molecule has 1 aliphatic heterocycles. The van der Waals surface area contributed by atoms with Crippen LogP contribution in [0.1, 0.15) is 18.7 Å². The van der Waals surface area contributed by atoms with Crippen LogP contribution in [0.15, 0.2) is 16.6 Å². The maximum atomic E-state index is 13.4. The number of rotatable bonds is 2. The molecule has 5 heteroatoms. The molecule has 3 rings (SSSR count). The van der Waals surface area contributed by atoms with Crippen LogP contribution in [0.4, 0.5) is 4.39 Å². The molecule has 0 radical (unpaired) electrons. The number of halogens is 2. The number of aromatic amines is 1. The Kier molecular flexibility index (Phi) is 3.35. The number of nitrogens with one attached hydrogen (secondary N) is 2. The summed E-state index contributed by atoms with van der Waals surface area (Å²) in [5.74, 6) is 1.40. The highest BCUT2D eigenvalue weighted by Crippen LogP contribution is 2.23. The van der Waals surface area contributed by atoms with E-state index in [9.17, 15) is 4.39 Å². The van der Waals surface area contributed by atoms with Crippen LogP contribution in [0.5, 0.6) is 0 Å². The van der Waals surface area contributed by atoms with E-state index in [0.29, 0.717) is 10.4 Å². The van der Waals surface area contributed by atoms with Crippen molar-refractivity contribution >= 4 is 27.0 Å². The van der Waals surface area contributed by atoms with Crippen molar-refractivity contribution in [2.75, 3.05) is 13.1 Å². The third kappa shape index (κ3) is 2.42. The van der Waals surface area contributed by atoms with Crippen LogP contribution >= 0.6 is 15.9 Å². The van der Waals surface area contributed by atoms with Crippen LogP contribution in [0.25, 0.3) is 11.0 Å². The first-order valence-corrected chi connectivity index (χ1v) is 7.06. The van der Waals surface area contributed by atoms with Gasteiger partial charge in [0.25, 0.3) is 0 Å². The van der Waals surface area contributed by atoms with Crippen molar-refractivity contribution in [3.05, 3.63) is 28.2 Å². The van der Waals surface area contributed by atoms with Gasteiger partial charge in [0.05, 0.1) is 15.5 Å². The first-order chi connectivity index (χ1) is 8.72. The summed E-state index contributed by atoms with van der Waals surface area (Å²) in [5, 5.41) is 3.36. The minimum atomic E-state index is -0.250. The molecule has 1 fully saturated rings. The van der Waals surface area contributed by atoms with E-state index in [1.807, 2.05) is 0 Å². The first-order valence-electron chi connectivity index (χ1n) is 6.27.